The van der Waals surface area contributed by atoms with E-state index in [1.807, 2.05) is 0 Å². The minimum Gasteiger partial charge on any atom is -0.458 e. The summed E-state index contributed by atoms with van der Waals surface area (Å²) in [5, 5.41) is 11.6. The molecule has 4 heteroatoms. The minimum atomic E-state index is -0.0336. The Morgan fingerprint density at radius 1 is 0.412 bits per heavy atom. The van der Waals surface area contributed by atoms with Crippen molar-refractivity contribution >= 4 is 99.7 Å². The Bertz CT molecular complexity index is 3700. The van der Waals surface area contributed by atoms with Crippen molar-refractivity contribution in [2.75, 3.05) is 9.80 Å². The zero-order chi connectivity index (χ0) is 44.7. The molecule has 2 fully saturated rings. The number of nitrogens with zero attached hydrogens (tertiary/aromatic N) is 2. The van der Waals surface area contributed by atoms with E-state index in [9.17, 15) is 0 Å². The molecule has 2 saturated carbocycles. The van der Waals surface area contributed by atoms with Gasteiger partial charge in [0.15, 0.2) is 5.58 Å². The van der Waals surface area contributed by atoms with E-state index in [1.54, 1.807) is 0 Å². The fourth-order valence-corrected chi connectivity index (χ4v) is 13.0. The molecule has 14 rings (SSSR count). The van der Waals surface area contributed by atoms with Gasteiger partial charge in [-0.1, -0.05) is 160 Å². The van der Waals surface area contributed by atoms with Crippen LogP contribution in [0.1, 0.15) is 111 Å². The molecular formula is C64H54N2O2. The number of furan rings is 2. The monoisotopic (exact) mass is 882 g/mol. The lowest BCUT2D eigenvalue weighted by atomic mass is 9.77. The smallest absolute Gasteiger partial charge is 0.159 e. The molecule has 0 bridgehead atoms. The topological polar surface area (TPSA) is 32.8 Å². The number of fused-ring (bicyclic) bond motifs is 6. The van der Waals surface area contributed by atoms with Crippen LogP contribution in [-0.4, -0.2) is 0 Å². The third kappa shape index (κ3) is 6.26. The first-order valence-corrected chi connectivity index (χ1v) is 25.3. The van der Waals surface area contributed by atoms with Gasteiger partial charge in [-0.25, -0.2) is 0 Å². The second kappa shape index (κ2) is 16.2. The van der Waals surface area contributed by atoms with Gasteiger partial charge in [0.25, 0.3) is 0 Å². The molecule has 0 aliphatic heterocycles. The molecule has 4 nitrogen and oxygen atoms in total. The number of anilines is 5. The van der Waals surface area contributed by atoms with Crippen LogP contribution < -0.4 is 9.80 Å². The number of hydrogen-bond acceptors (Lipinski definition) is 4. The SMILES string of the molecule is C1=Cc2c(oc3ccccc23)C(N(c2ccccc2)c2cc(C3CCCCC3)c3ccc4c(N(c5ccccc5)c5cccc6c5oc5ccccc56)cc(C5CCCCC5)c5ccc2c3c54)C1. The molecular weight excluding hydrogens is 829 g/mol. The van der Waals surface area contributed by atoms with E-state index >= 15 is 0 Å². The Balaban J connectivity index is 1.10. The highest BCUT2D eigenvalue weighted by Gasteiger charge is 2.34. The van der Waals surface area contributed by atoms with Gasteiger partial charge < -0.3 is 18.6 Å². The fourth-order valence-electron chi connectivity index (χ4n) is 13.0. The summed E-state index contributed by atoms with van der Waals surface area (Å²) >= 11 is 0. The van der Waals surface area contributed by atoms with Crippen molar-refractivity contribution in [1.29, 1.82) is 0 Å². The molecule has 0 spiro atoms. The third-order valence-corrected chi connectivity index (χ3v) is 16.1. The van der Waals surface area contributed by atoms with E-state index in [4.69, 9.17) is 8.83 Å². The van der Waals surface area contributed by atoms with Gasteiger partial charge in [0.1, 0.15) is 16.9 Å². The summed E-state index contributed by atoms with van der Waals surface area (Å²) in [6, 6.07) is 61.0. The summed E-state index contributed by atoms with van der Waals surface area (Å²) in [6.45, 7) is 0. The number of rotatable bonds is 8. The Kier molecular flexibility index (Phi) is 9.49. The summed E-state index contributed by atoms with van der Waals surface area (Å²) in [4.78, 5) is 5.16. The van der Waals surface area contributed by atoms with Crippen molar-refractivity contribution in [3.63, 3.8) is 0 Å². The lowest BCUT2D eigenvalue weighted by Gasteiger charge is -2.37. The first-order valence-electron chi connectivity index (χ1n) is 25.3. The maximum absolute atomic E-state index is 6.95. The minimum absolute atomic E-state index is 0.0336. The quantitative estimate of drug-likeness (QED) is 0.142. The molecule has 1 unspecified atom stereocenters. The molecule has 11 aromatic rings. The van der Waals surface area contributed by atoms with E-state index in [2.05, 4.69) is 186 Å². The second-order valence-electron chi connectivity index (χ2n) is 19.9. The molecule has 9 aromatic carbocycles. The van der Waals surface area contributed by atoms with Crippen molar-refractivity contribution in [2.24, 2.45) is 0 Å². The molecule has 0 radical (unpaired) electrons. The van der Waals surface area contributed by atoms with Gasteiger partial charge >= 0.3 is 0 Å². The normalized spacial score (nSPS) is 17.0. The zero-order valence-electron chi connectivity index (χ0n) is 38.5. The molecule has 1 atom stereocenters. The van der Waals surface area contributed by atoms with Crippen LogP contribution in [0.25, 0.3) is 71.3 Å². The Morgan fingerprint density at radius 2 is 0.956 bits per heavy atom. The molecule has 3 aliphatic rings. The molecule has 2 aromatic heterocycles. The van der Waals surface area contributed by atoms with E-state index in [0.717, 1.165) is 51.1 Å². The molecule has 68 heavy (non-hydrogen) atoms. The third-order valence-electron chi connectivity index (χ3n) is 16.1. The van der Waals surface area contributed by atoms with Crippen LogP contribution in [0.2, 0.25) is 0 Å². The van der Waals surface area contributed by atoms with Gasteiger partial charge in [-0.3, -0.25) is 0 Å². The van der Waals surface area contributed by atoms with Crippen LogP contribution >= 0.6 is 0 Å². The van der Waals surface area contributed by atoms with Crippen molar-refractivity contribution in [3.05, 3.63) is 192 Å². The van der Waals surface area contributed by atoms with Crippen molar-refractivity contribution in [2.45, 2.75) is 88.5 Å². The first-order chi connectivity index (χ1) is 33.8. The fraction of sp³-hybridized carbons (Fsp3) is 0.219. The van der Waals surface area contributed by atoms with Gasteiger partial charge in [-0.05, 0) is 131 Å². The lowest BCUT2D eigenvalue weighted by Crippen LogP contribution is -2.25. The molecule has 2 heterocycles. The molecule has 332 valence electrons. The summed E-state index contributed by atoms with van der Waals surface area (Å²) < 4.78 is 13.8. The number of benzene rings is 9. The summed E-state index contributed by atoms with van der Waals surface area (Å²) in [5.41, 5.74) is 12.8. The lowest BCUT2D eigenvalue weighted by molar-refractivity contribution is 0.445. The summed E-state index contributed by atoms with van der Waals surface area (Å²) in [6.07, 6.45) is 18.1. The van der Waals surface area contributed by atoms with Crippen LogP contribution in [0.3, 0.4) is 0 Å². The average Bonchev–Trinajstić information content (AvgIpc) is 3.99. The first kappa shape index (κ1) is 39.8. The predicted molar refractivity (Wildman–Crippen MR) is 285 cm³/mol. The second-order valence-corrected chi connectivity index (χ2v) is 19.9. The molecule has 3 aliphatic carbocycles. The maximum atomic E-state index is 6.95. The summed E-state index contributed by atoms with van der Waals surface area (Å²) in [7, 11) is 0. The zero-order valence-corrected chi connectivity index (χ0v) is 38.5. The van der Waals surface area contributed by atoms with E-state index in [-0.39, 0.29) is 6.04 Å². The standard InChI is InChI=1S/C64H54N2O2/c1-5-19-41(20-6-1)53-39-57(65(43-23-9-3-10-24-43)55-31-17-29-49-45-27-13-15-33-59(45)67-63(49)55)51-38-36-48-54(42-21-7-2-8-22-42)40-58(52-37-35-47(53)61(51)62(48)52)66(44-25-11-4-12-26-44)56-32-18-30-50-46-28-14-16-34-60(46)68-64(50)56/h3-4,9-18,23-31,33-42,56H,1-2,5-8,19-22,32H2. The van der Waals surface area contributed by atoms with E-state index < -0.39 is 0 Å². The van der Waals surface area contributed by atoms with Crippen LogP contribution in [0, 0.1) is 0 Å². The molecule has 0 amide bonds. The average molecular weight is 883 g/mol. The molecule has 0 saturated heterocycles. The van der Waals surface area contributed by atoms with Gasteiger partial charge in [0, 0.05) is 43.9 Å². The van der Waals surface area contributed by atoms with Crippen molar-refractivity contribution in [3.8, 4) is 0 Å². The Morgan fingerprint density at radius 3 is 1.63 bits per heavy atom. The van der Waals surface area contributed by atoms with Crippen LogP contribution in [0.15, 0.2) is 179 Å². The van der Waals surface area contributed by atoms with Crippen LogP contribution in [0.5, 0.6) is 0 Å². The van der Waals surface area contributed by atoms with Crippen LogP contribution in [0.4, 0.5) is 28.4 Å². The number of hydrogen-bond donors (Lipinski definition) is 0. The highest BCUT2D eigenvalue weighted by molar-refractivity contribution is 6.29. The highest BCUT2D eigenvalue weighted by atomic mass is 16.3. The van der Waals surface area contributed by atoms with Gasteiger partial charge in [0.05, 0.1) is 23.1 Å². The van der Waals surface area contributed by atoms with E-state index in [1.165, 1.54) is 136 Å². The highest BCUT2D eigenvalue weighted by Crippen LogP contribution is 2.55. The predicted octanol–water partition coefficient (Wildman–Crippen LogP) is 19.1. The Labute approximate surface area is 397 Å². The van der Waals surface area contributed by atoms with Crippen LogP contribution in [-0.2, 0) is 0 Å². The van der Waals surface area contributed by atoms with Crippen molar-refractivity contribution < 1.29 is 8.83 Å². The van der Waals surface area contributed by atoms with Crippen molar-refractivity contribution in [1.82, 2.24) is 0 Å². The number of para-hydroxylation sites is 5. The van der Waals surface area contributed by atoms with Gasteiger partial charge in [0.2, 0.25) is 0 Å². The van der Waals surface area contributed by atoms with E-state index in [0.29, 0.717) is 11.8 Å². The van der Waals surface area contributed by atoms with Gasteiger partial charge in [-0.15, -0.1) is 0 Å². The largest absolute Gasteiger partial charge is 0.458 e. The summed E-state index contributed by atoms with van der Waals surface area (Å²) in [5.74, 6) is 2.01. The van der Waals surface area contributed by atoms with Gasteiger partial charge in [-0.2, -0.15) is 0 Å². The molecule has 0 N–H and O–H groups in total. The Hall–Kier alpha value is -7.30. The maximum Gasteiger partial charge on any atom is 0.159 e.